The molecule has 0 aliphatic rings. The van der Waals surface area contributed by atoms with Gasteiger partial charge in [0.2, 0.25) is 0 Å². The van der Waals surface area contributed by atoms with Gasteiger partial charge in [0, 0.05) is 22.2 Å². The van der Waals surface area contributed by atoms with Gasteiger partial charge < -0.3 is 10.6 Å². The summed E-state index contributed by atoms with van der Waals surface area (Å²) >= 11 is 12.4. The second kappa shape index (κ2) is 6.72. The van der Waals surface area contributed by atoms with E-state index < -0.39 is 11.7 Å². The fourth-order valence-electron chi connectivity index (χ4n) is 1.65. The van der Waals surface area contributed by atoms with Crippen molar-refractivity contribution in [3.8, 4) is 0 Å². The Bertz CT molecular complexity index is 689. The molecule has 0 saturated heterocycles. The lowest BCUT2D eigenvalue weighted by molar-refractivity contribution is 0.102. The van der Waals surface area contributed by atoms with Crippen LogP contribution in [0.25, 0.3) is 0 Å². The summed E-state index contributed by atoms with van der Waals surface area (Å²) in [7, 11) is 1.66. The molecule has 0 radical (unpaired) electrons. The van der Waals surface area contributed by atoms with Crippen LogP contribution < -0.4 is 10.6 Å². The van der Waals surface area contributed by atoms with Crippen LogP contribution in [0.2, 0.25) is 5.02 Å². The third kappa shape index (κ3) is 3.72. The summed E-state index contributed by atoms with van der Waals surface area (Å²) in [6, 6.07) is 3.97. The van der Waals surface area contributed by atoms with Crippen molar-refractivity contribution in [2.75, 3.05) is 17.7 Å². The van der Waals surface area contributed by atoms with Gasteiger partial charge in [-0.1, -0.05) is 11.6 Å². The Morgan fingerprint density at radius 1 is 1.33 bits per heavy atom. The van der Waals surface area contributed by atoms with Crippen molar-refractivity contribution >= 4 is 60.9 Å². The summed E-state index contributed by atoms with van der Waals surface area (Å²) < 4.78 is 14.2. The van der Waals surface area contributed by atoms with Crippen molar-refractivity contribution < 1.29 is 9.18 Å². The molecule has 0 aliphatic heterocycles. The van der Waals surface area contributed by atoms with E-state index in [9.17, 15) is 9.18 Å². The number of pyridine rings is 1. The number of nitrogens with one attached hydrogen (secondary N) is 2. The summed E-state index contributed by atoms with van der Waals surface area (Å²) in [5.74, 6) is -0.489. The van der Waals surface area contributed by atoms with Gasteiger partial charge in [0.05, 0.1) is 16.3 Å². The van der Waals surface area contributed by atoms with Gasteiger partial charge in [-0.25, -0.2) is 9.37 Å². The number of nitrogens with zero attached hydrogens (tertiary/aromatic N) is 1. The van der Waals surface area contributed by atoms with E-state index in [2.05, 4.69) is 47.5 Å². The Hall–Kier alpha value is -1.18. The normalized spacial score (nSPS) is 10.3. The van der Waals surface area contributed by atoms with Crippen molar-refractivity contribution in [2.45, 2.75) is 0 Å². The van der Waals surface area contributed by atoms with Gasteiger partial charge in [-0.15, -0.1) is 0 Å². The zero-order chi connectivity index (χ0) is 15.6. The number of aromatic nitrogens is 1. The third-order valence-corrected chi connectivity index (χ3v) is 3.94. The molecule has 1 aromatic heterocycles. The van der Waals surface area contributed by atoms with Crippen LogP contribution in [-0.4, -0.2) is 17.9 Å². The molecule has 4 nitrogen and oxygen atoms in total. The maximum absolute atomic E-state index is 13.2. The van der Waals surface area contributed by atoms with E-state index in [4.69, 9.17) is 11.6 Å². The van der Waals surface area contributed by atoms with Gasteiger partial charge in [-0.05, 0) is 50.1 Å². The van der Waals surface area contributed by atoms with E-state index in [0.717, 1.165) is 6.07 Å². The maximum Gasteiger partial charge on any atom is 0.259 e. The molecule has 0 atom stereocenters. The Balaban J connectivity index is 2.37. The lowest BCUT2D eigenvalue weighted by Crippen LogP contribution is -2.15. The van der Waals surface area contributed by atoms with E-state index in [1.54, 1.807) is 19.3 Å². The highest BCUT2D eigenvalue weighted by Gasteiger charge is 2.16. The zero-order valence-corrected chi connectivity index (χ0v) is 14.6. The van der Waals surface area contributed by atoms with Gasteiger partial charge in [0.1, 0.15) is 11.6 Å². The quantitative estimate of drug-likeness (QED) is 0.732. The van der Waals surface area contributed by atoms with Crippen molar-refractivity contribution in [2.24, 2.45) is 0 Å². The number of carbonyl (C=O) groups is 1. The first-order valence-corrected chi connectivity index (χ1v) is 7.68. The van der Waals surface area contributed by atoms with Crippen LogP contribution in [0, 0.1) is 5.82 Å². The fraction of sp³-hybridized carbons (Fsp3) is 0.0769. The molecule has 0 fully saturated rings. The Morgan fingerprint density at radius 2 is 2.05 bits per heavy atom. The molecule has 21 heavy (non-hydrogen) atoms. The average Bonchev–Trinajstić information content (AvgIpc) is 2.42. The van der Waals surface area contributed by atoms with Crippen molar-refractivity contribution in [1.82, 2.24) is 4.98 Å². The topological polar surface area (TPSA) is 54.0 Å². The summed E-state index contributed by atoms with van der Waals surface area (Å²) in [6.07, 6.45) is 1.57. The first-order chi connectivity index (χ1) is 9.92. The van der Waals surface area contributed by atoms with E-state index >= 15 is 0 Å². The van der Waals surface area contributed by atoms with Gasteiger partial charge in [0.15, 0.2) is 0 Å². The second-order valence-electron chi connectivity index (χ2n) is 4.00. The molecular weight excluding hydrogens is 428 g/mol. The zero-order valence-electron chi connectivity index (χ0n) is 10.7. The minimum absolute atomic E-state index is 0.101. The SMILES string of the molecule is CNc1ncc(Br)cc1C(=O)Nc1c(Cl)cc(F)cc1Br. The number of halogens is 4. The Kier molecular flexibility index (Phi) is 5.18. The lowest BCUT2D eigenvalue weighted by atomic mass is 10.2. The Labute approximate surface area is 142 Å². The van der Waals surface area contributed by atoms with E-state index in [1.807, 2.05) is 0 Å². The predicted octanol–water partition coefficient (Wildman–Crippen LogP) is 4.69. The number of anilines is 2. The summed E-state index contributed by atoms with van der Waals surface area (Å²) in [5.41, 5.74) is 0.629. The van der Waals surface area contributed by atoms with Gasteiger partial charge >= 0.3 is 0 Å². The smallest absolute Gasteiger partial charge is 0.259 e. The van der Waals surface area contributed by atoms with Gasteiger partial charge in [0.25, 0.3) is 5.91 Å². The molecular formula is C13H9Br2ClFN3O. The molecule has 2 aromatic rings. The first kappa shape index (κ1) is 16.2. The van der Waals surface area contributed by atoms with E-state index in [-0.39, 0.29) is 5.02 Å². The lowest BCUT2D eigenvalue weighted by Gasteiger charge is -2.12. The minimum Gasteiger partial charge on any atom is -0.372 e. The van der Waals surface area contributed by atoms with Crippen molar-refractivity contribution in [1.29, 1.82) is 0 Å². The minimum atomic E-state index is -0.495. The van der Waals surface area contributed by atoms with Crippen molar-refractivity contribution in [3.05, 3.63) is 49.7 Å². The van der Waals surface area contributed by atoms with Crippen LogP contribution in [0.5, 0.6) is 0 Å². The number of benzene rings is 1. The summed E-state index contributed by atoms with van der Waals surface area (Å²) in [4.78, 5) is 16.4. The monoisotopic (exact) mass is 435 g/mol. The molecule has 1 heterocycles. The predicted molar refractivity (Wildman–Crippen MR) is 88.5 cm³/mol. The molecule has 8 heteroatoms. The first-order valence-electron chi connectivity index (χ1n) is 5.71. The largest absolute Gasteiger partial charge is 0.372 e. The third-order valence-electron chi connectivity index (χ3n) is 2.58. The molecule has 0 unspecified atom stereocenters. The maximum atomic E-state index is 13.2. The highest BCUT2D eigenvalue weighted by molar-refractivity contribution is 9.10. The number of carbonyl (C=O) groups excluding carboxylic acids is 1. The summed E-state index contributed by atoms with van der Waals surface area (Å²) in [5, 5.41) is 5.57. The van der Waals surface area contributed by atoms with Crippen LogP contribution >= 0.6 is 43.5 Å². The van der Waals surface area contributed by atoms with Gasteiger partial charge in [-0.2, -0.15) is 0 Å². The van der Waals surface area contributed by atoms with Crippen LogP contribution in [0.4, 0.5) is 15.9 Å². The summed E-state index contributed by atoms with van der Waals surface area (Å²) in [6.45, 7) is 0. The van der Waals surface area contributed by atoms with Crippen LogP contribution in [0.15, 0.2) is 33.3 Å². The van der Waals surface area contributed by atoms with Crippen LogP contribution in [0.3, 0.4) is 0 Å². The molecule has 1 aromatic carbocycles. The second-order valence-corrected chi connectivity index (χ2v) is 6.18. The molecule has 110 valence electrons. The highest BCUT2D eigenvalue weighted by Crippen LogP contribution is 2.32. The molecule has 0 saturated carbocycles. The van der Waals surface area contributed by atoms with Crippen molar-refractivity contribution in [3.63, 3.8) is 0 Å². The number of hydrogen-bond donors (Lipinski definition) is 2. The Morgan fingerprint density at radius 3 is 2.67 bits per heavy atom. The van der Waals surface area contributed by atoms with E-state index in [0.29, 0.717) is 26.0 Å². The van der Waals surface area contributed by atoms with Crippen LogP contribution in [0.1, 0.15) is 10.4 Å². The number of hydrogen-bond acceptors (Lipinski definition) is 3. The van der Waals surface area contributed by atoms with E-state index in [1.165, 1.54) is 6.07 Å². The average molecular weight is 437 g/mol. The molecule has 0 aliphatic carbocycles. The standard InChI is InChI=1S/C13H9Br2ClFN3O/c1-18-12-8(2-6(14)5-19-12)13(21)20-11-9(15)3-7(17)4-10(11)16/h2-5H,1H3,(H,18,19)(H,20,21). The molecule has 0 bridgehead atoms. The van der Waals surface area contributed by atoms with Crippen LogP contribution in [-0.2, 0) is 0 Å². The highest BCUT2D eigenvalue weighted by atomic mass is 79.9. The fourth-order valence-corrected chi connectivity index (χ4v) is 2.88. The molecule has 1 amide bonds. The molecule has 2 rings (SSSR count). The van der Waals surface area contributed by atoms with Gasteiger partial charge in [-0.3, -0.25) is 4.79 Å². The molecule has 2 N–H and O–H groups in total. The number of amides is 1. The molecule has 0 spiro atoms. The number of rotatable bonds is 3.